The van der Waals surface area contributed by atoms with Gasteiger partial charge in [-0.25, -0.2) is 0 Å². The third-order valence-electron chi connectivity index (χ3n) is 1.88. The minimum Gasteiger partial charge on any atom is -0.271 e. The van der Waals surface area contributed by atoms with Crippen LogP contribution in [0.4, 0.5) is 0 Å². The molecule has 1 aromatic carbocycles. The summed E-state index contributed by atoms with van der Waals surface area (Å²) in [4.78, 5) is 0. The van der Waals surface area contributed by atoms with E-state index < -0.39 is 0 Å². The van der Waals surface area contributed by atoms with Crippen LogP contribution >= 0.6 is 0 Å². The minimum absolute atomic E-state index is 0.0264. The molecule has 0 saturated heterocycles. The van der Waals surface area contributed by atoms with Gasteiger partial charge < -0.3 is 0 Å². The Kier molecular flexibility index (Phi) is 2.84. The summed E-state index contributed by atoms with van der Waals surface area (Å²) < 4.78 is 0. The first-order valence-electron chi connectivity index (χ1n) is 4.16. The average Bonchev–Trinajstić information content (AvgIpc) is 2.06. The van der Waals surface area contributed by atoms with Crippen LogP contribution < -0.4 is 11.3 Å². The van der Waals surface area contributed by atoms with E-state index in [0.717, 1.165) is 6.42 Å². The number of nitrogens with one attached hydrogen (secondary N) is 1. The molecule has 0 amide bonds. The van der Waals surface area contributed by atoms with Gasteiger partial charge >= 0.3 is 0 Å². The monoisotopic (exact) mass is 164 g/mol. The molecule has 66 valence electrons. The predicted octanol–water partition coefficient (Wildman–Crippen LogP) is 1.47. The smallest absolute Gasteiger partial charge is 0.0305 e. The highest BCUT2D eigenvalue weighted by Crippen LogP contribution is 2.10. The van der Waals surface area contributed by atoms with E-state index in [4.69, 9.17) is 5.84 Å². The normalized spacial score (nSPS) is 11.6. The van der Waals surface area contributed by atoms with Gasteiger partial charge in [0.1, 0.15) is 0 Å². The molecule has 1 rings (SSSR count). The van der Waals surface area contributed by atoms with Gasteiger partial charge in [0.25, 0.3) is 0 Å². The van der Waals surface area contributed by atoms with E-state index in [0.29, 0.717) is 0 Å². The maximum Gasteiger partial charge on any atom is 0.0305 e. The van der Waals surface area contributed by atoms with Gasteiger partial charge in [0.15, 0.2) is 0 Å². The third kappa shape index (κ3) is 2.64. The van der Waals surface area contributed by atoms with Gasteiger partial charge in [0.05, 0.1) is 0 Å². The molecule has 3 N–H and O–H groups in total. The van der Waals surface area contributed by atoms with Crippen molar-refractivity contribution in [3.8, 4) is 0 Å². The topological polar surface area (TPSA) is 38.0 Å². The Hall–Kier alpha value is -0.860. The second-order valence-electron chi connectivity index (χ2n) is 3.69. The van der Waals surface area contributed by atoms with Crippen LogP contribution in [-0.2, 0) is 6.42 Å². The molecule has 0 saturated carbocycles. The van der Waals surface area contributed by atoms with Crippen LogP contribution in [0.5, 0.6) is 0 Å². The predicted molar refractivity (Wildman–Crippen MR) is 51.5 cm³/mol. The van der Waals surface area contributed by atoms with Gasteiger partial charge in [-0.3, -0.25) is 11.3 Å². The van der Waals surface area contributed by atoms with E-state index >= 15 is 0 Å². The molecule has 0 bridgehead atoms. The molecule has 0 heterocycles. The summed E-state index contributed by atoms with van der Waals surface area (Å²) in [6, 6.07) is 10.3. The largest absolute Gasteiger partial charge is 0.271 e. The van der Waals surface area contributed by atoms with Crippen LogP contribution in [0.2, 0.25) is 0 Å². The quantitative estimate of drug-likeness (QED) is 0.524. The van der Waals surface area contributed by atoms with Crippen LogP contribution in [0, 0.1) is 0 Å². The fraction of sp³-hybridized carbons (Fsp3) is 0.400. The van der Waals surface area contributed by atoms with Gasteiger partial charge in [0, 0.05) is 5.54 Å². The molecule has 1 aromatic rings. The highest BCUT2D eigenvalue weighted by atomic mass is 15.3. The SMILES string of the molecule is CC(C)(Cc1ccccc1)NN. The fourth-order valence-corrected chi connectivity index (χ4v) is 1.16. The summed E-state index contributed by atoms with van der Waals surface area (Å²) in [6.07, 6.45) is 0.949. The Morgan fingerprint density at radius 2 is 1.83 bits per heavy atom. The second-order valence-corrected chi connectivity index (χ2v) is 3.69. The van der Waals surface area contributed by atoms with Gasteiger partial charge in [0.2, 0.25) is 0 Å². The second kappa shape index (κ2) is 3.70. The summed E-state index contributed by atoms with van der Waals surface area (Å²) in [6.45, 7) is 4.17. The van der Waals surface area contributed by atoms with Crippen LogP contribution in [-0.4, -0.2) is 5.54 Å². The molecule has 2 nitrogen and oxygen atoms in total. The standard InChI is InChI=1S/C10H16N2/c1-10(2,12-11)8-9-6-4-3-5-7-9/h3-7,12H,8,11H2,1-2H3. The first-order chi connectivity index (χ1) is 5.64. The number of hydrogen-bond donors (Lipinski definition) is 2. The molecular formula is C10H16N2. The van der Waals surface area contributed by atoms with Crippen LogP contribution in [0.1, 0.15) is 19.4 Å². The number of hydrogen-bond acceptors (Lipinski definition) is 2. The van der Waals surface area contributed by atoms with Gasteiger partial charge in [-0.05, 0) is 25.8 Å². The van der Waals surface area contributed by atoms with Crippen molar-refractivity contribution < 1.29 is 0 Å². The Morgan fingerprint density at radius 1 is 1.25 bits per heavy atom. The number of benzene rings is 1. The zero-order valence-corrected chi connectivity index (χ0v) is 7.67. The third-order valence-corrected chi connectivity index (χ3v) is 1.88. The molecule has 0 atom stereocenters. The zero-order valence-electron chi connectivity index (χ0n) is 7.67. The average molecular weight is 164 g/mol. The van der Waals surface area contributed by atoms with E-state index in [1.54, 1.807) is 0 Å². The molecule has 12 heavy (non-hydrogen) atoms. The maximum atomic E-state index is 5.40. The van der Waals surface area contributed by atoms with Crippen molar-refractivity contribution in [2.24, 2.45) is 5.84 Å². The molecule has 0 aromatic heterocycles. The Balaban J connectivity index is 2.64. The first kappa shape index (κ1) is 9.23. The Morgan fingerprint density at radius 3 is 2.33 bits per heavy atom. The Labute approximate surface area is 73.8 Å². The van der Waals surface area contributed by atoms with E-state index in [-0.39, 0.29) is 5.54 Å². The van der Waals surface area contributed by atoms with Crippen molar-refractivity contribution in [2.45, 2.75) is 25.8 Å². The van der Waals surface area contributed by atoms with E-state index in [1.807, 2.05) is 18.2 Å². The molecule has 0 radical (unpaired) electrons. The Bertz CT molecular complexity index is 229. The summed E-state index contributed by atoms with van der Waals surface area (Å²) in [5, 5.41) is 0. The molecule has 2 heteroatoms. The highest BCUT2D eigenvalue weighted by Gasteiger charge is 2.14. The minimum atomic E-state index is -0.0264. The number of rotatable bonds is 3. The van der Waals surface area contributed by atoms with Crippen molar-refractivity contribution in [2.75, 3.05) is 0 Å². The molecule has 0 fully saturated rings. The molecule has 0 aliphatic rings. The van der Waals surface area contributed by atoms with E-state index in [9.17, 15) is 0 Å². The van der Waals surface area contributed by atoms with Gasteiger partial charge in [-0.2, -0.15) is 0 Å². The van der Waals surface area contributed by atoms with Crippen molar-refractivity contribution in [1.82, 2.24) is 5.43 Å². The fourth-order valence-electron chi connectivity index (χ4n) is 1.16. The molecule has 0 aliphatic heterocycles. The zero-order chi connectivity index (χ0) is 9.03. The van der Waals surface area contributed by atoms with Crippen molar-refractivity contribution >= 4 is 0 Å². The van der Waals surface area contributed by atoms with Crippen LogP contribution in [0.3, 0.4) is 0 Å². The lowest BCUT2D eigenvalue weighted by Crippen LogP contribution is -2.45. The number of hydrazine groups is 1. The van der Waals surface area contributed by atoms with Gasteiger partial charge in [-0.15, -0.1) is 0 Å². The molecule has 0 spiro atoms. The summed E-state index contributed by atoms with van der Waals surface area (Å²) in [5.74, 6) is 5.40. The maximum absolute atomic E-state index is 5.40. The van der Waals surface area contributed by atoms with Crippen molar-refractivity contribution in [3.63, 3.8) is 0 Å². The summed E-state index contributed by atoms with van der Waals surface area (Å²) in [5.41, 5.74) is 4.07. The molecule has 0 aliphatic carbocycles. The van der Waals surface area contributed by atoms with Gasteiger partial charge in [-0.1, -0.05) is 30.3 Å². The van der Waals surface area contributed by atoms with Crippen LogP contribution in [0.15, 0.2) is 30.3 Å². The number of nitrogens with two attached hydrogens (primary N) is 1. The lowest BCUT2D eigenvalue weighted by molar-refractivity contribution is 0.396. The first-order valence-corrected chi connectivity index (χ1v) is 4.16. The van der Waals surface area contributed by atoms with E-state index in [1.165, 1.54) is 5.56 Å². The van der Waals surface area contributed by atoms with E-state index in [2.05, 4.69) is 31.4 Å². The lowest BCUT2D eigenvalue weighted by Gasteiger charge is -2.23. The van der Waals surface area contributed by atoms with Crippen molar-refractivity contribution in [1.29, 1.82) is 0 Å². The lowest BCUT2D eigenvalue weighted by atomic mass is 9.96. The summed E-state index contributed by atoms with van der Waals surface area (Å²) in [7, 11) is 0. The highest BCUT2D eigenvalue weighted by molar-refractivity contribution is 5.16. The van der Waals surface area contributed by atoms with Crippen molar-refractivity contribution in [3.05, 3.63) is 35.9 Å². The summed E-state index contributed by atoms with van der Waals surface area (Å²) >= 11 is 0. The molecule has 0 unspecified atom stereocenters. The molecular weight excluding hydrogens is 148 g/mol. The van der Waals surface area contributed by atoms with Crippen LogP contribution in [0.25, 0.3) is 0 Å².